The third-order valence-electron chi connectivity index (χ3n) is 4.65. The van der Waals surface area contributed by atoms with E-state index in [1.807, 2.05) is 30.3 Å². The zero-order chi connectivity index (χ0) is 23.1. The van der Waals surface area contributed by atoms with E-state index in [0.717, 1.165) is 10.0 Å². The molecular weight excluding hydrogens is 490 g/mol. The summed E-state index contributed by atoms with van der Waals surface area (Å²) < 4.78 is 0.924. The number of halogens is 1. The van der Waals surface area contributed by atoms with Gasteiger partial charge in [-0.3, -0.25) is 14.4 Å². The maximum atomic E-state index is 13.2. The van der Waals surface area contributed by atoms with Crippen molar-refractivity contribution in [3.8, 4) is 0 Å². The Bertz CT molecular complexity index is 1120. The fourth-order valence-electron chi connectivity index (χ4n) is 2.96. The second-order valence-corrected chi connectivity index (χ2v) is 8.37. The minimum Gasteiger partial charge on any atom is -0.325 e. The molecule has 32 heavy (non-hydrogen) atoms. The number of rotatable bonds is 8. The molecule has 0 fully saturated rings. The molecule has 3 aromatic carbocycles. The Balaban J connectivity index is 1.88. The number of carbonyl (C=O) groups is 3. The van der Waals surface area contributed by atoms with Crippen molar-refractivity contribution in [2.45, 2.75) is 12.5 Å². The van der Waals surface area contributed by atoms with Crippen LogP contribution in [0.25, 0.3) is 0 Å². The van der Waals surface area contributed by atoms with E-state index in [1.54, 1.807) is 36.4 Å². The van der Waals surface area contributed by atoms with Crippen molar-refractivity contribution in [1.29, 1.82) is 0 Å². The average Bonchev–Trinajstić information content (AvgIpc) is 2.81. The van der Waals surface area contributed by atoms with Crippen LogP contribution in [0.5, 0.6) is 0 Å². The van der Waals surface area contributed by atoms with E-state index in [0.29, 0.717) is 16.9 Å². The highest BCUT2D eigenvalue weighted by molar-refractivity contribution is 9.10. The van der Waals surface area contributed by atoms with Gasteiger partial charge in [0.25, 0.3) is 0 Å². The van der Waals surface area contributed by atoms with Crippen LogP contribution in [0.3, 0.4) is 0 Å². The molecule has 0 spiro atoms. The third-order valence-corrected chi connectivity index (χ3v) is 5.58. The van der Waals surface area contributed by atoms with Gasteiger partial charge in [-0.15, -0.1) is 0 Å². The van der Waals surface area contributed by atoms with E-state index >= 15 is 0 Å². The standard InChI is InChI=1S/C24H22BrN3O3S/c25-17-8-6-15(7-9-17)12-22(29)28-21-11-10-18(27-24(31)20(26)14-32)13-19(21)23(30)16-4-2-1-3-5-16/h1-11,13,20,32H,12,14,26H2,(H,27,31)(H,28,29)/t20-/m0/s1. The Labute approximate surface area is 200 Å². The lowest BCUT2D eigenvalue weighted by Crippen LogP contribution is -2.37. The van der Waals surface area contributed by atoms with Crippen LogP contribution in [-0.4, -0.2) is 29.4 Å². The van der Waals surface area contributed by atoms with Crippen molar-refractivity contribution in [3.63, 3.8) is 0 Å². The van der Waals surface area contributed by atoms with E-state index in [-0.39, 0.29) is 29.4 Å². The summed E-state index contributed by atoms with van der Waals surface area (Å²) in [6.45, 7) is 0. The third kappa shape index (κ3) is 6.29. The van der Waals surface area contributed by atoms with Crippen molar-refractivity contribution in [1.82, 2.24) is 0 Å². The highest BCUT2D eigenvalue weighted by Crippen LogP contribution is 2.24. The van der Waals surface area contributed by atoms with Crippen molar-refractivity contribution in [2.75, 3.05) is 16.4 Å². The smallest absolute Gasteiger partial charge is 0.242 e. The number of anilines is 2. The molecule has 0 aromatic heterocycles. The number of nitrogens with two attached hydrogens (primary N) is 1. The first kappa shape index (κ1) is 23.7. The predicted octanol–water partition coefficient (Wildman–Crippen LogP) is 4.06. The molecular formula is C24H22BrN3O3S. The molecule has 4 N–H and O–H groups in total. The topological polar surface area (TPSA) is 101 Å². The summed E-state index contributed by atoms with van der Waals surface area (Å²) in [5.74, 6) is -0.765. The second kappa shape index (κ2) is 11.1. The normalized spacial score (nSPS) is 11.5. The molecule has 8 heteroatoms. The van der Waals surface area contributed by atoms with Gasteiger partial charge in [0.05, 0.1) is 18.2 Å². The number of hydrogen-bond donors (Lipinski definition) is 4. The fraction of sp³-hybridized carbons (Fsp3) is 0.125. The van der Waals surface area contributed by atoms with E-state index in [9.17, 15) is 14.4 Å². The summed E-state index contributed by atoms with van der Waals surface area (Å²) in [6, 6.07) is 20.1. The molecule has 0 bridgehead atoms. The monoisotopic (exact) mass is 511 g/mol. The summed E-state index contributed by atoms with van der Waals surface area (Å²) in [6.07, 6.45) is 0.154. The summed E-state index contributed by atoms with van der Waals surface area (Å²) in [5.41, 5.74) is 8.04. The number of amides is 2. The summed E-state index contributed by atoms with van der Waals surface area (Å²) >= 11 is 7.40. The van der Waals surface area contributed by atoms with E-state index in [2.05, 4.69) is 39.2 Å². The van der Waals surface area contributed by atoms with Crippen molar-refractivity contribution >= 4 is 57.5 Å². The van der Waals surface area contributed by atoms with Crippen LogP contribution in [0, 0.1) is 0 Å². The lowest BCUT2D eigenvalue weighted by Gasteiger charge is -2.15. The average molecular weight is 512 g/mol. The molecule has 2 amide bonds. The number of nitrogens with one attached hydrogen (secondary N) is 2. The lowest BCUT2D eigenvalue weighted by atomic mass is 10.0. The van der Waals surface area contributed by atoms with Crippen molar-refractivity contribution < 1.29 is 14.4 Å². The number of hydrogen-bond acceptors (Lipinski definition) is 5. The van der Waals surface area contributed by atoms with Crippen LogP contribution in [0.15, 0.2) is 77.3 Å². The molecule has 0 aliphatic carbocycles. The van der Waals surface area contributed by atoms with Crippen LogP contribution in [0.4, 0.5) is 11.4 Å². The Morgan fingerprint density at radius 1 is 0.938 bits per heavy atom. The quantitative estimate of drug-likeness (QED) is 0.270. The van der Waals surface area contributed by atoms with Gasteiger partial charge in [-0.2, -0.15) is 12.6 Å². The maximum Gasteiger partial charge on any atom is 0.242 e. The van der Waals surface area contributed by atoms with E-state index < -0.39 is 11.9 Å². The van der Waals surface area contributed by atoms with Crippen LogP contribution in [0.1, 0.15) is 21.5 Å². The first-order chi connectivity index (χ1) is 15.4. The largest absolute Gasteiger partial charge is 0.325 e. The van der Waals surface area contributed by atoms with Gasteiger partial charge in [0.2, 0.25) is 11.8 Å². The highest BCUT2D eigenvalue weighted by Gasteiger charge is 2.18. The Morgan fingerprint density at radius 3 is 2.28 bits per heavy atom. The minimum absolute atomic E-state index is 0.154. The van der Waals surface area contributed by atoms with Gasteiger partial charge in [0.15, 0.2) is 5.78 Å². The molecule has 0 aliphatic rings. The number of carbonyl (C=O) groups excluding carboxylic acids is 3. The molecule has 3 aromatic rings. The SMILES string of the molecule is N[C@@H](CS)C(=O)Nc1ccc(NC(=O)Cc2ccc(Br)cc2)c(C(=O)c2ccccc2)c1. The molecule has 0 saturated carbocycles. The van der Waals surface area contributed by atoms with Gasteiger partial charge in [0, 0.05) is 27.0 Å². The van der Waals surface area contributed by atoms with Gasteiger partial charge in [-0.05, 0) is 35.9 Å². The molecule has 0 heterocycles. The molecule has 6 nitrogen and oxygen atoms in total. The van der Waals surface area contributed by atoms with Gasteiger partial charge >= 0.3 is 0 Å². The van der Waals surface area contributed by atoms with Gasteiger partial charge in [-0.1, -0.05) is 58.4 Å². The zero-order valence-electron chi connectivity index (χ0n) is 17.0. The van der Waals surface area contributed by atoms with Crippen molar-refractivity contribution in [3.05, 3.63) is 94.0 Å². The molecule has 164 valence electrons. The number of benzene rings is 3. The molecule has 0 unspecified atom stereocenters. The first-order valence-electron chi connectivity index (χ1n) is 9.83. The molecule has 0 saturated heterocycles. The Hall–Kier alpha value is -2.94. The zero-order valence-corrected chi connectivity index (χ0v) is 19.5. The highest BCUT2D eigenvalue weighted by atomic mass is 79.9. The molecule has 3 rings (SSSR count). The first-order valence-corrected chi connectivity index (χ1v) is 11.3. The van der Waals surface area contributed by atoms with Gasteiger partial charge in [0.1, 0.15) is 0 Å². The van der Waals surface area contributed by atoms with E-state index in [4.69, 9.17) is 5.73 Å². The van der Waals surface area contributed by atoms with Gasteiger partial charge in [-0.25, -0.2) is 0 Å². The summed E-state index contributed by atoms with van der Waals surface area (Å²) in [4.78, 5) is 37.9. The van der Waals surface area contributed by atoms with Gasteiger partial charge < -0.3 is 16.4 Å². The Morgan fingerprint density at radius 2 is 1.62 bits per heavy atom. The fourth-order valence-corrected chi connectivity index (χ4v) is 3.39. The van der Waals surface area contributed by atoms with Crippen molar-refractivity contribution in [2.24, 2.45) is 5.73 Å². The molecule has 0 radical (unpaired) electrons. The molecule has 0 aliphatic heterocycles. The summed E-state index contributed by atoms with van der Waals surface area (Å²) in [7, 11) is 0. The van der Waals surface area contributed by atoms with Crippen LogP contribution in [0.2, 0.25) is 0 Å². The second-order valence-electron chi connectivity index (χ2n) is 7.09. The predicted molar refractivity (Wildman–Crippen MR) is 133 cm³/mol. The number of thiol groups is 1. The minimum atomic E-state index is -0.781. The number of ketones is 1. The lowest BCUT2D eigenvalue weighted by molar-refractivity contribution is -0.117. The maximum absolute atomic E-state index is 13.2. The van der Waals surface area contributed by atoms with Crippen LogP contribution < -0.4 is 16.4 Å². The Kier molecular flexibility index (Phi) is 8.21. The van der Waals surface area contributed by atoms with E-state index in [1.165, 1.54) is 6.07 Å². The van der Waals surface area contributed by atoms with Crippen LogP contribution >= 0.6 is 28.6 Å². The summed E-state index contributed by atoms with van der Waals surface area (Å²) in [5, 5.41) is 5.50. The molecule has 1 atom stereocenters. The van der Waals surface area contributed by atoms with Crippen LogP contribution in [-0.2, 0) is 16.0 Å².